The first-order valence-corrected chi connectivity index (χ1v) is 6.43. The lowest BCUT2D eigenvalue weighted by atomic mass is 10.1. The fourth-order valence-corrected chi connectivity index (χ4v) is 1.77. The molecule has 1 fully saturated rings. The van der Waals surface area contributed by atoms with Crippen molar-refractivity contribution in [1.29, 1.82) is 0 Å². The molecule has 1 aliphatic heterocycles. The number of ether oxygens (including phenoxy) is 1. The quantitative estimate of drug-likeness (QED) is 0.360. The van der Waals surface area contributed by atoms with Crippen LogP contribution in [0.15, 0.2) is 4.99 Å². The molecule has 1 unspecified atom stereocenters. The van der Waals surface area contributed by atoms with Crippen LogP contribution in [-0.4, -0.2) is 67.0 Å². The van der Waals surface area contributed by atoms with Crippen molar-refractivity contribution in [3.8, 4) is 0 Å². The van der Waals surface area contributed by atoms with Crippen LogP contribution < -0.4 is 11.1 Å². The topological polar surface area (TPSA) is 83.1 Å². The van der Waals surface area contributed by atoms with Crippen LogP contribution in [0.3, 0.4) is 0 Å². The summed E-state index contributed by atoms with van der Waals surface area (Å²) in [7, 11) is 0. The second kappa shape index (κ2) is 8.93. The van der Waals surface area contributed by atoms with Gasteiger partial charge < -0.3 is 20.9 Å². The maximum Gasteiger partial charge on any atom is 0.189 e. The molecular formula is C12H27IN4O2. The number of hydrogen-bond acceptors (Lipinski definition) is 4. The van der Waals surface area contributed by atoms with Crippen molar-refractivity contribution in [3.05, 3.63) is 0 Å². The Hall–Kier alpha value is -0.120. The number of rotatable bonds is 4. The first-order chi connectivity index (χ1) is 8.37. The zero-order valence-electron chi connectivity index (χ0n) is 12.1. The minimum Gasteiger partial charge on any atom is -0.390 e. The van der Waals surface area contributed by atoms with Crippen molar-refractivity contribution < 1.29 is 9.84 Å². The van der Waals surface area contributed by atoms with Gasteiger partial charge in [0.1, 0.15) is 0 Å². The fourth-order valence-electron chi connectivity index (χ4n) is 1.77. The minimum atomic E-state index is -0.483. The van der Waals surface area contributed by atoms with E-state index in [1.807, 2.05) is 20.8 Å². The number of nitrogens with two attached hydrogens (primary N) is 1. The maximum atomic E-state index is 9.88. The van der Waals surface area contributed by atoms with E-state index in [0.29, 0.717) is 19.0 Å². The lowest BCUT2D eigenvalue weighted by Gasteiger charge is -2.28. The number of halogens is 1. The molecule has 114 valence electrons. The molecule has 0 saturated carbocycles. The predicted molar refractivity (Wildman–Crippen MR) is 88.1 cm³/mol. The molecule has 0 bridgehead atoms. The van der Waals surface area contributed by atoms with Crippen molar-refractivity contribution in [2.75, 3.05) is 39.4 Å². The summed E-state index contributed by atoms with van der Waals surface area (Å²) < 4.78 is 5.25. The van der Waals surface area contributed by atoms with Crippen LogP contribution in [0.4, 0.5) is 0 Å². The highest BCUT2D eigenvalue weighted by Crippen LogP contribution is 2.00. The third-order valence-corrected chi connectivity index (χ3v) is 2.55. The van der Waals surface area contributed by atoms with Crippen LogP contribution in [0.2, 0.25) is 0 Å². The Kier molecular flexibility index (Phi) is 8.88. The Morgan fingerprint density at radius 1 is 1.42 bits per heavy atom. The molecule has 0 aliphatic carbocycles. The molecule has 7 heteroatoms. The van der Waals surface area contributed by atoms with Crippen molar-refractivity contribution >= 4 is 29.9 Å². The second-order valence-electron chi connectivity index (χ2n) is 5.67. The highest BCUT2D eigenvalue weighted by atomic mass is 127. The van der Waals surface area contributed by atoms with E-state index in [9.17, 15) is 5.11 Å². The van der Waals surface area contributed by atoms with Gasteiger partial charge in [0.05, 0.1) is 25.9 Å². The summed E-state index contributed by atoms with van der Waals surface area (Å²) in [5.41, 5.74) is 5.63. The third kappa shape index (κ3) is 9.42. The summed E-state index contributed by atoms with van der Waals surface area (Å²) in [4.78, 5) is 6.33. The van der Waals surface area contributed by atoms with E-state index in [1.165, 1.54) is 0 Å². The Morgan fingerprint density at radius 2 is 2.00 bits per heavy atom. The average molecular weight is 386 g/mol. The fraction of sp³-hybridized carbons (Fsp3) is 0.917. The maximum absolute atomic E-state index is 9.88. The van der Waals surface area contributed by atoms with E-state index in [0.717, 1.165) is 26.3 Å². The van der Waals surface area contributed by atoms with Crippen molar-refractivity contribution in [2.24, 2.45) is 10.7 Å². The minimum absolute atomic E-state index is 0. The Bertz CT molecular complexity index is 275. The van der Waals surface area contributed by atoms with Gasteiger partial charge in [-0.05, 0) is 20.8 Å². The molecule has 0 aromatic rings. The molecule has 0 spiro atoms. The molecule has 0 radical (unpaired) electrons. The zero-order chi connectivity index (χ0) is 13.6. The Labute approximate surface area is 132 Å². The molecule has 1 rings (SSSR count). The zero-order valence-corrected chi connectivity index (χ0v) is 14.4. The summed E-state index contributed by atoms with van der Waals surface area (Å²) in [6.07, 6.45) is -0.483. The third-order valence-electron chi connectivity index (χ3n) is 2.55. The van der Waals surface area contributed by atoms with Gasteiger partial charge >= 0.3 is 0 Å². The number of aliphatic hydroxyl groups is 1. The summed E-state index contributed by atoms with van der Waals surface area (Å²) in [5.74, 6) is 0.378. The predicted octanol–water partition coefficient (Wildman–Crippen LogP) is 0.000300. The summed E-state index contributed by atoms with van der Waals surface area (Å²) >= 11 is 0. The highest BCUT2D eigenvalue weighted by molar-refractivity contribution is 14.0. The van der Waals surface area contributed by atoms with Gasteiger partial charge in [-0.2, -0.15) is 0 Å². The molecule has 1 heterocycles. The van der Waals surface area contributed by atoms with E-state index in [2.05, 4.69) is 15.2 Å². The Balaban J connectivity index is 0.00000324. The van der Waals surface area contributed by atoms with Gasteiger partial charge in [-0.1, -0.05) is 0 Å². The van der Waals surface area contributed by atoms with E-state index in [1.54, 1.807) is 0 Å². The SMILES string of the molecule is CC(C)(C)NC(N)=NCC(O)CN1CCOCC1.I. The second-order valence-corrected chi connectivity index (χ2v) is 5.67. The van der Waals surface area contributed by atoms with Gasteiger partial charge in [-0.15, -0.1) is 24.0 Å². The van der Waals surface area contributed by atoms with Crippen molar-refractivity contribution in [3.63, 3.8) is 0 Å². The average Bonchev–Trinajstić information content (AvgIpc) is 2.25. The van der Waals surface area contributed by atoms with Gasteiger partial charge in [0.25, 0.3) is 0 Å². The molecule has 4 N–H and O–H groups in total. The van der Waals surface area contributed by atoms with Crippen LogP contribution >= 0.6 is 24.0 Å². The first kappa shape index (κ1) is 18.9. The number of aliphatic imine (C=N–C) groups is 1. The molecular weight excluding hydrogens is 359 g/mol. The normalized spacial score (nSPS) is 19.7. The molecule has 6 nitrogen and oxygen atoms in total. The molecule has 1 atom stereocenters. The number of nitrogens with one attached hydrogen (secondary N) is 1. The molecule has 0 aromatic carbocycles. The lowest BCUT2D eigenvalue weighted by Crippen LogP contribution is -2.46. The number of guanidine groups is 1. The molecule has 0 aromatic heterocycles. The van der Waals surface area contributed by atoms with E-state index < -0.39 is 6.10 Å². The van der Waals surface area contributed by atoms with Crippen LogP contribution in [0.5, 0.6) is 0 Å². The molecule has 0 amide bonds. The van der Waals surface area contributed by atoms with E-state index >= 15 is 0 Å². The highest BCUT2D eigenvalue weighted by Gasteiger charge is 2.15. The number of morpholine rings is 1. The smallest absolute Gasteiger partial charge is 0.189 e. The molecule has 1 aliphatic rings. The summed E-state index contributed by atoms with van der Waals surface area (Å²) in [6, 6.07) is 0. The van der Waals surface area contributed by atoms with Crippen molar-refractivity contribution in [2.45, 2.75) is 32.4 Å². The number of hydrogen-bond donors (Lipinski definition) is 3. The van der Waals surface area contributed by atoms with Crippen LogP contribution in [0.25, 0.3) is 0 Å². The molecule has 19 heavy (non-hydrogen) atoms. The van der Waals surface area contributed by atoms with Gasteiger partial charge in [0, 0.05) is 25.2 Å². The first-order valence-electron chi connectivity index (χ1n) is 6.43. The monoisotopic (exact) mass is 386 g/mol. The lowest BCUT2D eigenvalue weighted by molar-refractivity contribution is 0.0165. The summed E-state index contributed by atoms with van der Waals surface area (Å²) in [6.45, 7) is 10.2. The van der Waals surface area contributed by atoms with Crippen molar-refractivity contribution in [1.82, 2.24) is 10.2 Å². The van der Waals surface area contributed by atoms with Gasteiger partial charge in [0.15, 0.2) is 5.96 Å². The number of aliphatic hydroxyl groups excluding tert-OH is 1. The van der Waals surface area contributed by atoms with Crippen LogP contribution in [0, 0.1) is 0 Å². The van der Waals surface area contributed by atoms with Gasteiger partial charge in [-0.3, -0.25) is 9.89 Å². The standard InChI is InChI=1S/C12H26N4O2.HI/c1-12(2,3)15-11(13)14-8-10(17)9-16-4-6-18-7-5-16;/h10,17H,4-9H2,1-3H3,(H3,13,14,15);1H. The number of nitrogens with zero attached hydrogens (tertiary/aromatic N) is 2. The van der Waals surface area contributed by atoms with E-state index in [-0.39, 0.29) is 29.5 Å². The number of β-amino-alcohol motifs (C(OH)–C–C–N with tert-alkyl or cyclic N) is 1. The van der Waals surface area contributed by atoms with Crippen LogP contribution in [0.1, 0.15) is 20.8 Å². The van der Waals surface area contributed by atoms with Gasteiger partial charge in [0.2, 0.25) is 0 Å². The van der Waals surface area contributed by atoms with E-state index in [4.69, 9.17) is 10.5 Å². The largest absolute Gasteiger partial charge is 0.390 e. The van der Waals surface area contributed by atoms with Crippen LogP contribution in [-0.2, 0) is 4.74 Å². The van der Waals surface area contributed by atoms with Gasteiger partial charge in [-0.25, -0.2) is 0 Å². The summed E-state index contributed by atoms with van der Waals surface area (Å²) in [5, 5.41) is 12.9. The molecule has 1 saturated heterocycles. The Morgan fingerprint density at radius 3 is 2.53 bits per heavy atom.